The Kier molecular flexibility index (Phi) is 6.46. The summed E-state index contributed by atoms with van der Waals surface area (Å²) in [7, 11) is 0. The third-order valence-electron chi connectivity index (χ3n) is 1.52. The minimum absolute atomic E-state index is 0. The maximum absolute atomic E-state index is 4.32. The number of rotatable bonds is 0. The van der Waals surface area contributed by atoms with E-state index in [2.05, 4.69) is 9.97 Å². The molecular weight excluding hydrogens is 172 g/mol. The molecule has 1 rings (SSSR count). The summed E-state index contributed by atoms with van der Waals surface area (Å²) in [5, 5.41) is 0. The maximum Gasteiger partial charge on any atom is 0.103 e. The summed E-state index contributed by atoms with van der Waals surface area (Å²) in [6.07, 6.45) is 0. The van der Waals surface area contributed by atoms with Crippen molar-refractivity contribution in [2.45, 2.75) is 34.6 Å². The fourth-order valence-electron chi connectivity index (χ4n) is 1.05. The van der Waals surface area contributed by atoms with E-state index >= 15 is 0 Å². The predicted octanol–water partition coefficient (Wildman–Crippen LogP) is 3.73. The Labute approximate surface area is 88.2 Å². The molecular formula is C12H22N2. The van der Waals surface area contributed by atoms with E-state index in [1.165, 1.54) is 0 Å². The van der Waals surface area contributed by atoms with Crippen LogP contribution in [0.5, 0.6) is 0 Å². The lowest BCUT2D eigenvalue weighted by Gasteiger charge is -1.89. The van der Waals surface area contributed by atoms with Crippen molar-refractivity contribution >= 4 is 0 Å². The third kappa shape index (κ3) is 5.36. The zero-order valence-corrected chi connectivity index (χ0v) is 9.76. The van der Waals surface area contributed by atoms with Gasteiger partial charge in [-0.25, -0.2) is 4.98 Å². The molecule has 0 radical (unpaired) electrons. The van der Waals surface area contributed by atoms with Gasteiger partial charge < -0.3 is 4.98 Å². The molecule has 1 aromatic rings. The Morgan fingerprint density at radius 2 is 1.64 bits per heavy atom. The molecule has 1 N–H and O–H groups in total. The van der Waals surface area contributed by atoms with E-state index in [4.69, 9.17) is 0 Å². The van der Waals surface area contributed by atoms with Crippen LogP contribution in [0.2, 0.25) is 0 Å². The van der Waals surface area contributed by atoms with Gasteiger partial charge in [0.1, 0.15) is 5.82 Å². The molecule has 1 heterocycles. The summed E-state index contributed by atoms with van der Waals surface area (Å²) >= 11 is 0. The van der Waals surface area contributed by atoms with Crippen LogP contribution in [-0.4, -0.2) is 9.97 Å². The lowest BCUT2D eigenvalue weighted by molar-refractivity contribution is 1.02. The Hall–Kier alpha value is -1.31. The molecule has 0 amide bonds. The topological polar surface area (TPSA) is 28.7 Å². The van der Waals surface area contributed by atoms with Crippen LogP contribution in [-0.2, 0) is 0 Å². The fraction of sp³-hybridized carbons (Fsp3) is 0.417. The van der Waals surface area contributed by atoms with Gasteiger partial charge >= 0.3 is 0 Å². The summed E-state index contributed by atoms with van der Waals surface area (Å²) in [5.41, 5.74) is 2.12. The van der Waals surface area contributed by atoms with Gasteiger partial charge in [-0.2, -0.15) is 0 Å². The molecule has 0 unspecified atom stereocenters. The predicted molar refractivity (Wildman–Crippen MR) is 63.9 cm³/mol. The van der Waals surface area contributed by atoms with Crippen molar-refractivity contribution in [3.05, 3.63) is 41.5 Å². The van der Waals surface area contributed by atoms with Gasteiger partial charge in [0.25, 0.3) is 0 Å². The van der Waals surface area contributed by atoms with E-state index < -0.39 is 0 Å². The number of hydrogen-bond acceptors (Lipinski definition) is 1. The van der Waals surface area contributed by atoms with Crippen LogP contribution < -0.4 is 0 Å². The smallest absolute Gasteiger partial charge is 0.103 e. The monoisotopic (exact) mass is 194 g/mol. The van der Waals surface area contributed by atoms with E-state index in [0.717, 1.165) is 17.2 Å². The summed E-state index contributed by atoms with van der Waals surface area (Å²) in [6, 6.07) is 8.00. The van der Waals surface area contributed by atoms with Gasteiger partial charge in [0, 0.05) is 12.8 Å². The summed E-state index contributed by atoms with van der Waals surface area (Å²) in [5.74, 6) is 0.932. The number of hydrogen-bond donors (Lipinski definition) is 1. The van der Waals surface area contributed by atoms with Crippen molar-refractivity contribution in [1.82, 2.24) is 9.97 Å². The SMILES string of the molecule is CC.Cc1ccccc(C)[nH]c(C)n1.[HH]. The second kappa shape index (κ2) is 7.13. The molecule has 0 bridgehead atoms. The van der Waals surface area contributed by atoms with E-state index in [-0.39, 0.29) is 1.43 Å². The van der Waals surface area contributed by atoms with E-state index in [1.807, 2.05) is 58.9 Å². The highest BCUT2D eigenvalue weighted by Gasteiger charge is 1.82. The molecule has 80 valence electrons. The number of H-pyrrole nitrogens is 1. The van der Waals surface area contributed by atoms with E-state index in [1.54, 1.807) is 0 Å². The van der Waals surface area contributed by atoms with Gasteiger partial charge in [-0.05, 0) is 32.9 Å². The highest BCUT2D eigenvalue weighted by atomic mass is 14.8. The van der Waals surface area contributed by atoms with Crippen LogP contribution in [0.25, 0.3) is 0 Å². The summed E-state index contributed by atoms with van der Waals surface area (Å²) in [4.78, 5) is 7.49. The van der Waals surface area contributed by atoms with Crippen LogP contribution in [0.4, 0.5) is 0 Å². The molecule has 0 spiro atoms. The molecule has 14 heavy (non-hydrogen) atoms. The molecule has 0 saturated carbocycles. The minimum Gasteiger partial charge on any atom is -0.348 e. The molecule has 0 aromatic carbocycles. The number of nitrogens with zero attached hydrogens (tertiary/aromatic N) is 1. The molecule has 0 aliphatic carbocycles. The Morgan fingerprint density at radius 3 is 2.29 bits per heavy atom. The Morgan fingerprint density at radius 1 is 1.07 bits per heavy atom. The second-order valence-corrected chi connectivity index (χ2v) is 2.86. The Balaban J connectivity index is 0. The molecule has 0 aliphatic heterocycles. The summed E-state index contributed by atoms with van der Waals surface area (Å²) in [6.45, 7) is 9.96. The first kappa shape index (κ1) is 12.7. The quantitative estimate of drug-likeness (QED) is 0.669. The van der Waals surface area contributed by atoms with Crippen LogP contribution in [0.15, 0.2) is 24.3 Å². The van der Waals surface area contributed by atoms with Crippen LogP contribution in [0.3, 0.4) is 0 Å². The van der Waals surface area contributed by atoms with Crippen molar-refractivity contribution in [1.29, 1.82) is 0 Å². The molecule has 2 heteroatoms. The van der Waals surface area contributed by atoms with E-state index in [9.17, 15) is 0 Å². The molecule has 0 atom stereocenters. The lowest BCUT2D eigenvalue weighted by Crippen LogP contribution is -1.85. The van der Waals surface area contributed by atoms with Gasteiger partial charge in [0.15, 0.2) is 0 Å². The number of aromatic amines is 1. The van der Waals surface area contributed by atoms with Gasteiger partial charge in [-0.1, -0.05) is 26.0 Å². The highest BCUT2D eigenvalue weighted by molar-refractivity contribution is 5.04. The fourth-order valence-corrected chi connectivity index (χ4v) is 1.05. The number of aryl methyl sites for hydroxylation is 3. The maximum atomic E-state index is 4.32. The number of nitrogens with one attached hydrogen (secondary N) is 1. The zero-order valence-electron chi connectivity index (χ0n) is 9.76. The zero-order chi connectivity index (χ0) is 11.0. The molecule has 2 nitrogen and oxygen atoms in total. The lowest BCUT2D eigenvalue weighted by atomic mass is 10.4. The average molecular weight is 194 g/mol. The van der Waals surface area contributed by atoms with Gasteiger partial charge in [0.2, 0.25) is 0 Å². The minimum atomic E-state index is 0. The summed E-state index contributed by atoms with van der Waals surface area (Å²) < 4.78 is 0. The van der Waals surface area contributed by atoms with Crippen LogP contribution in [0.1, 0.15) is 32.5 Å². The first-order chi connectivity index (χ1) is 6.68. The van der Waals surface area contributed by atoms with Gasteiger partial charge in [-0.15, -0.1) is 0 Å². The molecule has 0 saturated heterocycles. The van der Waals surface area contributed by atoms with Crippen molar-refractivity contribution in [3.8, 4) is 0 Å². The largest absolute Gasteiger partial charge is 0.348 e. The van der Waals surface area contributed by atoms with E-state index in [0.29, 0.717) is 0 Å². The molecule has 0 fully saturated rings. The second-order valence-electron chi connectivity index (χ2n) is 2.86. The van der Waals surface area contributed by atoms with Crippen molar-refractivity contribution in [2.24, 2.45) is 0 Å². The Bertz CT molecular complexity index is 287. The third-order valence-corrected chi connectivity index (χ3v) is 1.52. The highest BCUT2D eigenvalue weighted by Crippen LogP contribution is 1.92. The van der Waals surface area contributed by atoms with Crippen molar-refractivity contribution < 1.29 is 1.43 Å². The number of aromatic nitrogens is 2. The normalized spacial score (nSPS) is 8.36. The first-order valence-electron chi connectivity index (χ1n) is 5.02. The van der Waals surface area contributed by atoms with Crippen molar-refractivity contribution in [2.75, 3.05) is 0 Å². The molecule has 1 aromatic heterocycles. The van der Waals surface area contributed by atoms with Gasteiger partial charge in [0.05, 0.1) is 0 Å². The van der Waals surface area contributed by atoms with Crippen molar-refractivity contribution in [3.63, 3.8) is 0 Å². The van der Waals surface area contributed by atoms with Crippen LogP contribution in [0, 0.1) is 20.8 Å². The first-order valence-corrected chi connectivity index (χ1v) is 5.02. The van der Waals surface area contributed by atoms with Gasteiger partial charge in [-0.3, -0.25) is 0 Å². The molecule has 0 aliphatic rings. The van der Waals surface area contributed by atoms with Crippen LogP contribution >= 0.6 is 0 Å². The average Bonchev–Trinajstić information content (AvgIpc) is 2.20. The standard InChI is InChI=1S/C10H14N2.C2H6.H2/c1-8-6-4-5-7-9(2)12-10(3)11-8;1-2;/h4-7H,1-3H3,(H,11,12);1-2H3;1H.